The summed E-state index contributed by atoms with van der Waals surface area (Å²) in [6, 6.07) is 41.4. The molecule has 0 aliphatic rings. The highest BCUT2D eigenvalue weighted by Crippen LogP contribution is 2.39. The molecule has 0 amide bonds. The monoisotopic (exact) mass is 512 g/mol. The Kier molecular flexibility index (Phi) is 4.30. The minimum atomic E-state index is 0.665. The van der Waals surface area contributed by atoms with Gasteiger partial charge in [-0.2, -0.15) is 0 Å². The summed E-state index contributed by atoms with van der Waals surface area (Å²) in [7, 11) is 0. The van der Waals surface area contributed by atoms with E-state index in [9.17, 15) is 0 Å². The second-order valence-electron chi connectivity index (χ2n) is 10.2. The number of furan rings is 2. The van der Waals surface area contributed by atoms with Crippen molar-refractivity contribution in [2.24, 2.45) is 0 Å². The molecule has 0 atom stereocenters. The third-order valence-electron chi connectivity index (χ3n) is 7.90. The molecule has 0 aliphatic carbocycles. The molecule has 4 heteroatoms. The molecular weight excluding hydrogens is 492 g/mol. The molecule has 3 heterocycles. The van der Waals surface area contributed by atoms with E-state index in [4.69, 9.17) is 18.8 Å². The van der Waals surface area contributed by atoms with Gasteiger partial charge in [0, 0.05) is 43.4 Å². The molecule has 9 aromatic rings. The Bertz CT molecular complexity index is 2450. The van der Waals surface area contributed by atoms with Crippen molar-refractivity contribution >= 4 is 65.6 Å². The molecule has 6 aromatic carbocycles. The number of nitrogens with zero attached hydrogens (tertiary/aromatic N) is 2. The Morgan fingerprint density at radius 1 is 0.425 bits per heavy atom. The molecule has 0 radical (unpaired) electrons. The van der Waals surface area contributed by atoms with E-state index in [0.29, 0.717) is 5.82 Å². The Hall–Kier alpha value is -5.48. The normalized spacial score (nSPS) is 12.0. The molecule has 3 aromatic heterocycles. The molecule has 0 saturated heterocycles. The average Bonchev–Trinajstić information content (AvgIpc) is 3.58. The quantitative estimate of drug-likeness (QED) is 0.231. The smallest absolute Gasteiger partial charge is 0.160 e. The van der Waals surface area contributed by atoms with Gasteiger partial charge < -0.3 is 8.83 Å². The van der Waals surface area contributed by atoms with Crippen LogP contribution in [0.1, 0.15) is 0 Å². The van der Waals surface area contributed by atoms with E-state index in [1.54, 1.807) is 0 Å². The third-order valence-corrected chi connectivity index (χ3v) is 7.90. The van der Waals surface area contributed by atoms with E-state index < -0.39 is 0 Å². The van der Waals surface area contributed by atoms with Gasteiger partial charge in [0.15, 0.2) is 5.82 Å². The molecule has 0 unspecified atom stereocenters. The van der Waals surface area contributed by atoms with Gasteiger partial charge in [-0.05, 0) is 41.8 Å². The van der Waals surface area contributed by atoms with Crippen LogP contribution in [-0.2, 0) is 0 Å². The van der Waals surface area contributed by atoms with Crippen LogP contribution in [0.4, 0.5) is 0 Å². The molecular formula is C36H20N2O2. The lowest BCUT2D eigenvalue weighted by molar-refractivity contribution is 0.669. The number of rotatable bonds is 2. The van der Waals surface area contributed by atoms with Gasteiger partial charge in [-0.25, -0.2) is 9.97 Å². The van der Waals surface area contributed by atoms with Gasteiger partial charge >= 0.3 is 0 Å². The third kappa shape index (κ3) is 3.01. The fourth-order valence-corrected chi connectivity index (χ4v) is 6.02. The molecule has 0 bridgehead atoms. The Labute approximate surface area is 228 Å². The summed E-state index contributed by atoms with van der Waals surface area (Å²) >= 11 is 0. The fraction of sp³-hybridized carbons (Fsp3) is 0. The highest BCUT2D eigenvalue weighted by Gasteiger charge is 2.17. The highest BCUT2D eigenvalue weighted by atomic mass is 16.3. The molecule has 40 heavy (non-hydrogen) atoms. The van der Waals surface area contributed by atoms with Crippen LogP contribution in [0.15, 0.2) is 130 Å². The van der Waals surface area contributed by atoms with E-state index in [1.165, 1.54) is 0 Å². The lowest BCUT2D eigenvalue weighted by Crippen LogP contribution is -1.95. The molecule has 0 fully saturated rings. The second kappa shape index (κ2) is 8.01. The van der Waals surface area contributed by atoms with Gasteiger partial charge in [-0.1, -0.05) is 84.9 Å². The number of hydrogen-bond acceptors (Lipinski definition) is 4. The van der Waals surface area contributed by atoms with Crippen LogP contribution in [-0.4, -0.2) is 9.97 Å². The second-order valence-corrected chi connectivity index (χ2v) is 10.2. The first-order valence-electron chi connectivity index (χ1n) is 13.3. The van der Waals surface area contributed by atoms with Crippen molar-refractivity contribution < 1.29 is 8.83 Å². The van der Waals surface area contributed by atoms with Crippen molar-refractivity contribution in [1.82, 2.24) is 9.97 Å². The Morgan fingerprint density at radius 2 is 1.05 bits per heavy atom. The first-order valence-corrected chi connectivity index (χ1v) is 13.3. The van der Waals surface area contributed by atoms with Crippen molar-refractivity contribution in [1.29, 1.82) is 0 Å². The van der Waals surface area contributed by atoms with Crippen LogP contribution in [0, 0.1) is 0 Å². The number of para-hydroxylation sites is 3. The van der Waals surface area contributed by atoms with Crippen LogP contribution in [0.3, 0.4) is 0 Å². The lowest BCUT2D eigenvalue weighted by Gasteiger charge is -2.12. The van der Waals surface area contributed by atoms with Gasteiger partial charge in [0.1, 0.15) is 22.3 Å². The molecule has 186 valence electrons. The standard InChI is InChI=1S/C36H20N2O2/c1-4-13-30-29(10-1)34(38-36(37-30)21-16-17-25-23-8-2-5-14-31(23)39-33(25)20-21)26-11-7-12-27-22(26)18-19-28-24-9-3-6-15-32(24)40-35(27)28/h1-20H. The maximum atomic E-state index is 6.36. The molecule has 0 N–H and O–H groups in total. The fourth-order valence-electron chi connectivity index (χ4n) is 6.02. The van der Waals surface area contributed by atoms with Crippen LogP contribution in [0.5, 0.6) is 0 Å². The van der Waals surface area contributed by atoms with Gasteiger partial charge in [-0.3, -0.25) is 0 Å². The van der Waals surface area contributed by atoms with Crippen molar-refractivity contribution in [3.05, 3.63) is 121 Å². The van der Waals surface area contributed by atoms with E-state index in [0.717, 1.165) is 82.4 Å². The van der Waals surface area contributed by atoms with Crippen LogP contribution < -0.4 is 0 Å². The SMILES string of the molecule is c1ccc2c(-c3cccc4c3ccc3c5ccccc5oc43)nc(-c3ccc4c(c3)oc3ccccc34)nc2c1. The van der Waals surface area contributed by atoms with Crippen molar-refractivity contribution in [2.75, 3.05) is 0 Å². The van der Waals surface area contributed by atoms with Crippen molar-refractivity contribution in [3.8, 4) is 22.6 Å². The van der Waals surface area contributed by atoms with E-state index in [1.807, 2.05) is 54.6 Å². The average molecular weight is 513 g/mol. The summed E-state index contributed by atoms with van der Waals surface area (Å²) in [6.07, 6.45) is 0. The summed E-state index contributed by atoms with van der Waals surface area (Å²) in [5.74, 6) is 0.665. The first-order chi connectivity index (χ1) is 19.8. The number of fused-ring (bicyclic) bond motifs is 9. The topological polar surface area (TPSA) is 52.1 Å². The zero-order valence-electron chi connectivity index (χ0n) is 21.3. The minimum Gasteiger partial charge on any atom is -0.456 e. The maximum Gasteiger partial charge on any atom is 0.160 e. The molecule has 4 nitrogen and oxygen atoms in total. The summed E-state index contributed by atoms with van der Waals surface area (Å²) in [6.45, 7) is 0. The predicted octanol–water partition coefficient (Wildman–Crippen LogP) is 9.92. The molecule has 0 spiro atoms. The van der Waals surface area contributed by atoms with Crippen LogP contribution >= 0.6 is 0 Å². The first kappa shape index (κ1) is 21.5. The van der Waals surface area contributed by atoms with E-state index in [-0.39, 0.29) is 0 Å². The van der Waals surface area contributed by atoms with Gasteiger partial charge in [0.2, 0.25) is 0 Å². The maximum absolute atomic E-state index is 6.36. The van der Waals surface area contributed by atoms with Crippen LogP contribution in [0.2, 0.25) is 0 Å². The summed E-state index contributed by atoms with van der Waals surface area (Å²) < 4.78 is 12.5. The van der Waals surface area contributed by atoms with Gasteiger partial charge in [-0.15, -0.1) is 0 Å². The largest absolute Gasteiger partial charge is 0.456 e. The zero-order chi connectivity index (χ0) is 26.2. The highest BCUT2D eigenvalue weighted by molar-refractivity contribution is 6.18. The van der Waals surface area contributed by atoms with Crippen molar-refractivity contribution in [3.63, 3.8) is 0 Å². The summed E-state index contributed by atoms with van der Waals surface area (Å²) in [5, 5.41) is 7.61. The van der Waals surface area contributed by atoms with E-state index >= 15 is 0 Å². The summed E-state index contributed by atoms with van der Waals surface area (Å²) in [4.78, 5) is 10.2. The minimum absolute atomic E-state index is 0.665. The zero-order valence-corrected chi connectivity index (χ0v) is 21.3. The lowest BCUT2D eigenvalue weighted by atomic mass is 9.97. The predicted molar refractivity (Wildman–Crippen MR) is 162 cm³/mol. The van der Waals surface area contributed by atoms with Crippen LogP contribution in [0.25, 0.3) is 88.2 Å². The molecule has 0 saturated carbocycles. The van der Waals surface area contributed by atoms with Crippen molar-refractivity contribution in [2.45, 2.75) is 0 Å². The Balaban J connectivity index is 1.30. The molecule has 0 aliphatic heterocycles. The summed E-state index contributed by atoms with van der Waals surface area (Å²) in [5.41, 5.74) is 7.25. The number of benzene rings is 6. The van der Waals surface area contributed by atoms with Gasteiger partial charge in [0.25, 0.3) is 0 Å². The van der Waals surface area contributed by atoms with E-state index in [2.05, 4.69) is 66.7 Å². The number of hydrogen-bond donors (Lipinski definition) is 0. The Morgan fingerprint density at radius 3 is 1.93 bits per heavy atom. The number of aromatic nitrogens is 2. The van der Waals surface area contributed by atoms with Gasteiger partial charge in [0.05, 0.1) is 11.2 Å². The molecule has 9 rings (SSSR count).